The van der Waals surface area contributed by atoms with Crippen molar-refractivity contribution in [2.45, 2.75) is 40.3 Å². The highest BCUT2D eigenvalue weighted by Crippen LogP contribution is 2.19. The molecule has 5 heteroatoms. The van der Waals surface area contributed by atoms with Gasteiger partial charge in [0, 0.05) is 12.2 Å². The number of hydrogen-bond acceptors (Lipinski definition) is 3. The Bertz CT molecular complexity index is 797. The summed E-state index contributed by atoms with van der Waals surface area (Å²) < 4.78 is 0. The van der Waals surface area contributed by atoms with E-state index in [9.17, 15) is 9.59 Å². The number of amides is 2. The van der Waals surface area contributed by atoms with Crippen LogP contribution in [-0.2, 0) is 16.1 Å². The van der Waals surface area contributed by atoms with E-state index in [0.717, 1.165) is 16.8 Å². The van der Waals surface area contributed by atoms with Gasteiger partial charge in [0.1, 0.15) is 0 Å². The Labute approximate surface area is 161 Å². The summed E-state index contributed by atoms with van der Waals surface area (Å²) in [6, 6.07) is 13.6. The van der Waals surface area contributed by atoms with Gasteiger partial charge in [-0.05, 0) is 57.0 Å². The molecule has 0 radical (unpaired) electrons. The molecule has 0 aliphatic carbocycles. The van der Waals surface area contributed by atoms with Gasteiger partial charge < -0.3 is 10.6 Å². The molecule has 0 bridgehead atoms. The van der Waals surface area contributed by atoms with Crippen LogP contribution in [0.5, 0.6) is 0 Å². The van der Waals surface area contributed by atoms with E-state index < -0.39 is 0 Å². The van der Waals surface area contributed by atoms with Gasteiger partial charge in [0.15, 0.2) is 0 Å². The van der Waals surface area contributed by atoms with Crippen LogP contribution in [-0.4, -0.2) is 36.3 Å². The summed E-state index contributed by atoms with van der Waals surface area (Å²) in [6.07, 6.45) is 0. The number of rotatable bonds is 7. The summed E-state index contributed by atoms with van der Waals surface area (Å²) in [5, 5.41) is 5.61. The number of carbonyl (C=O) groups is 2. The maximum Gasteiger partial charge on any atom is 0.243 e. The van der Waals surface area contributed by atoms with Gasteiger partial charge in [-0.3, -0.25) is 14.5 Å². The second kappa shape index (κ2) is 9.33. The second-order valence-electron chi connectivity index (χ2n) is 7.05. The third-order valence-corrected chi connectivity index (χ3v) is 4.89. The van der Waals surface area contributed by atoms with E-state index in [0.29, 0.717) is 6.54 Å². The minimum absolute atomic E-state index is 0.0465. The Hall–Kier alpha value is -2.66. The molecular formula is C22H29N3O2. The molecule has 0 aromatic heterocycles. The summed E-state index contributed by atoms with van der Waals surface area (Å²) in [4.78, 5) is 26.6. The largest absolute Gasteiger partial charge is 0.346 e. The van der Waals surface area contributed by atoms with Crippen molar-refractivity contribution >= 4 is 17.5 Å². The Morgan fingerprint density at radius 1 is 0.963 bits per heavy atom. The highest BCUT2D eigenvalue weighted by atomic mass is 16.2. The topological polar surface area (TPSA) is 61.4 Å². The molecule has 0 saturated heterocycles. The van der Waals surface area contributed by atoms with E-state index in [2.05, 4.69) is 29.7 Å². The van der Waals surface area contributed by atoms with Gasteiger partial charge >= 0.3 is 0 Å². The summed E-state index contributed by atoms with van der Waals surface area (Å²) in [6.45, 7) is 8.43. The molecule has 2 aromatic rings. The number of nitrogens with one attached hydrogen (secondary N) is 2. The van der Waals surface area contributed by atoms with E-state index >= 15 is 0 Å². The van der Waals surface area contributed by atoms with E-state index in [-0.39, 0.29) is 24.4 Å². The third kappa shape index (κ3) is 5.66. The van der Waals surface area contributed by atoms with Crippen molar-refractivity contribution in [2.24, 2.45) is 0 Å². The molecule has 5 nitrogen and oxygen atoms in total. The van der Waals surface area contributed by atoms with Crippen molar-refractivity contribution < 1.29 is 9.59 Å². The molecule has 0 fully saturated rings. The van der Waals surface area contributed by atoms with Crippen LogP contribution >= 0.6 is 0 Å². The molecule has 0 heterocycles. The van der Waals surface area contributed by atoms with Crippen LogP contribution in [0.2, 0.25) is 0 Å². The average molecular weight is 367 g/mol. The van der Waals surface area contributed by atoms with Gasteiger partial charge in [-0.1, -0.05) is 42.5 Å². The average Bonchev–Trinajstić information content (AvgIpc) is 2.64. The third-order valence-electron chi connectivity index (χ3n) is 4.89. The lowest BCUT2D eigenvalue weighted by Gasteiger charge is -2.24. The summed E-state index contributed by atoms with van der Waals surface area (Å²) >= 11 is 0. The predicted molar refractivity (Wildman–Crippen MR) is 110 cm³/mol. The lowest BCUT2D eigenvalue weighted by Crippen LogP contribution is -2.45. The number of anilines is 1. The molecule has 0 spiro atoms. The fourth-order valence-electron chi connectivity index (χ4n) is 2.90. The Morgan fingerprint density at radius 3 is 2.19 bits per heavy atom. The van der Waals surface area contributed by atoms with Crippen LogP contribution in [0.3, 0.4) is 0 Å². The van der Waals surface area contributed by atoms with Crippen LogP contribution in [0.25, 0.3) is 0 Å². The van der Waals surface area contributed by atoms with Crippen LogP contribution in [0.4, 0.5) is 5.69 Å². The van der Waals surface area contributed by atoms with Crippen LogP contribution in [0, 0.1) is 20.8 Å². The van der Waals surface area contributed by atoms with Crippen LogP contribution < -0.4 is 10.6 Å². The minimum Gasteiger partial charge on any atom is -0.346 e. The first kappa shape index (κ1) is 20.6. The van der Waals surface area contributed by atoms with Crippen LogP contribution in [0.1, 0.15) is 29.2 Å². The number of aryl methyl sites for hydroxylation is 3. The summed E-state index contributed by atoms with van der Waals surface area (Å²) in [7, 11) is 1.91. The van der Waals surface area contributed by atoms with Crippen molar-refractivity contribution in [1.29, 1.82) is 0 Å². The number of benzene rings is 2. The minimum atomic E-state index is -0.336. The van der Waals surface area contributed by atoms with E-state index in [1.165, 1.54) is 11.1 Å². The smallest absolute Gasteiger partial charge is 0.243 e. The van der Waals surface area contributed by atoms with Crippen molar-refractivity contribution in [2.75, 3.05) is 18.9 Å². The van der Waals surface area contributed by atoms with E-state index in [4.69, 9.17) is 0 Å². The summed E-state index contributed by atoms with van der Waals surface area (Å²) in [5.74, 6) is -0.391. The highest BCUT2D eigenvalue weighted by molar-refractivity contribution is 5.96. The molecule has 27 heavy (non-hydrogen) atoms. The lowest BCUT2D eigenvalue weighted by atomic mass is 10.1. The monoisotopic (exact) mass is 367 g/mol. The van der Waals surface area contributed by atoms with Gasteiger partial charge in [0.25, 0.3) is 0 Å². The molecule has 2 aromatic carbocycles. The SMILES string of the molecule is Cc1ccccc1CN(C)[C@H](C)C(=O)NCC(=O)Nc1c(C)cccc1C. The van der Waals surface area contributed by atoms with E-state index in [1.54, 1.807) is 0 Å². The molecular weight excluding hydrogens is 338 g/mol. The first-order valence-corrected chi connectivity index (χ1v) is 9.18. The van der Waals surface area contributed by atoms with Gasteiger partial charge in [-0.2, -0.15) is 0 Å². The molecule has 0 unspecified atom stereocenters. The van der Waals surface area contributed by atoms with Gasteiger partial charge in [0.05, 0.1) is 12.6 Å². The molecule has 1 atom stereocenters. The zero-order chi connectivity index (χ0) is 20.0. The van der Waals surface area contributed by atoms with Crippen molar-refractivity contribution in [3.63, 3.8) is 0 Å². The van der Waals surface area contributed by atoms with Crippen molar-refractivity contribution in [1.82, 2.24) is 10.2 Å². The number of likely N-dealkylation sites (N-methyl/N-ethyl adjacent to an activating group) is 1. The Balaban J connectivity index is 1.87. The molecule has 0 aliphatic rings. The Kier molecular flexibility index (Phi) is 7.13. The predicted octanol–water partition coefficient (Wildman–Crippen LogP) is 3.19. The van der Waals surface area contributed by atoms with Gasteiger partial charge in [0.2, 0.25) is 11.8 Å². The summed E-state index contributed by atoms with van der Waals surface area (Å²) in [5.41, 5.74) is 5.20. The molecule has 0 saturated carbocycles. The molecule has 0 aliphatic heterocycles. The number of nitrogens with zero attached hydrogens (tertiary/aromatic N) is 1. The highest BCUT2D eigenvalue weighted by Gasteiger charge is 2.19. The molecule has 144 valence electrons. The normalized spacial score (nSPS) is 11.9. The van der Waals surface area contributed by atoms with Crippen molar-refractivity contribution in [3.05, 3.63) is 64.7 Å². The molecule has 2 rings (SSSR count). The van der Waals surface area contributed by atoms with E-state index in [1.807, 2.05) is 63.1 Å². The van der Waals surface area contributed by atoms with Gasteiger partial charge in [-0.25, -0.2) is 0 Å². The number of para-hydroxylation sites is 1. The number of carbonyl (C=O) groups excluding carboxylic acids is 2. The fraction of sp³-hybridized carbons (Fsp3) is 0.364. The standard InChI is InChI=1S/C22H29N3O2/c1-15-9-6-7-12-19(15)14-25(5)18(4)22(27)23-13-20(26)24-21-16(2)10-8-11-17(21)3/h6-12,18H,13-14H2,1-5H3,(H,23,27)(H,24,26)/t18-/m1/s1. The quantitative estimate of drug-likeness (QED) is 0.790. The molecule has 2 N–H and O–H groups in total. The van der Waals surface area contributed by atoms with Crippen LogP contribution in [0.15, 0.2) is 42.5 Å². The zero-order valence-electron chi connectivity index (χ0n) is 16.8. The maximum absolute atomic E-state index is 12.4. The number of hydrogen-bond donors (Lipinski definition) is 2. The lowest BCUT2D eigenvalue weighted by molar-refractivity contribution is -0.127. The fourth-order valence-corrected chi connectivity index (χ4v) is 2.90. The Morgan fingerprint density at radius 2 is 1.56 bits per heavy atom. The first-order chi connectivity index (χ1) is 12.8. The molecule has 2 amide bonds. The second-order valence-corrected chi connectivity index (χ2v) is 7.05. The first-order valence-electron chi connectivity index (χ1n) is 9.18. The zero-order valence-corrected chi connectivity index (χ0v) is 16.8. The maximum atomic E-state index is 12.4. The van der Waals surface area contributed by atoms with Crippen molar-refractivity contribution in [3.8, 4) is 0 Å². The van der Waals surface area contributed by atoms with Gasteiger partial charge in [-0.15, -0.1) is 0 Å².